The maximum absolute atomic E-state index is 13.0. The van der Waals surface area contributed by atoms with Gasteiger partial charge in [0.2, 0.25) is 0 Å². The lowest BCUT2D eigenvalue weighted by molar-refractivity contribution is -0.133. The van der Waals surface area contributed by atoms with Gasteiger partial charge in [0.25, 0.3) is 5.91 Å². The van der Waals surface area contributed by atoms with E-state index in [9.17, 15) is 14.7 Å². The van der Waals surface area contributed by atoms with Gasteiger partial charge in [-0.3, -0.25) is 9.69 Å². The number of hydrogen-bond acceptors (Lipinski definition) is 5. The summed E-state index contributed by atoms with van der Waals surface area (Å²) in [6.45, 7) is 0.407. The average molecular weight is 372 g/mol. The molecule has 4 rings (SSSR count). The van der Waals surface area contributed by atoms with Crippen LogP contribution < -0.4 is 5.32 Å². The van der Waals surface area contributed by atoms with Crippen molar-refractivity contribution in [3.05, 3.63) is 57.8 Å². The SMILES string of the molecule is O=C1N[C@@]2(CCc3ccccc32)C(=O)N1C[C@@H](O)COCc1cccs1. The smallest absolute Gasteiger partial charge is 0.325 e. The Labute approximate surface area is 155 Å². The maximum Gasteiger partial charge on any atom is 0.325 e. The summed E-state index contributed by atoms with van der Waals surface area (Å²) in [7, 11) is 0. The van der Waals surface area contributed by atoms with E-state index in [4.69, 9.17) is 4.74 Å². The summed E-state index contributed by atoms with van der Waals surface area (Å²) in [5.41, 5.74) is 0.970. The predicted molar refractivity (Wildman–Crippen MR) is 96.7 cm³/mol. The van der Waals surface area contributed by atoms with Crippen molar-refractivity contribution in [3.8, 4) is 0 Å². The number of β-amino-alcohol motifs (C(OH)–C–C–N with tert-alkyl or cyclic N) is 1. The number of carbonyl (C=O) groups is 2. The highest BCUT2D eigenvalue weighted by Crippen LogP contribution is 2.41. The third kappa shape index (κ3) is 2.92. The van der Waals surface area contributed by atoms with Crippen LogP contribution in [-0.4, -0.2) is 41.2 Å². The number of nitrogens with zero attached hydrogens (tertiary/aromatic N) is 1. The number of thiophene rings is 1. The number of aliphatic hydroxyl groups excluding tert-OH is 1. The molecule has 1 aliphatic carbocycles. The van der Waals surface area contributed by atoms with E-state index < -0.39 is 17.7 Å². The van der Waals surface area contributed by atoms with Crippen molar-refractivity contribution in [2.24, 2.45) is 0 Å². The molecule has 1 saturated heterocycles. The second-order valence-electron chi connectivity index (χ2n) is 6.66. The number of amides is 3. The fourth-order valence-corrected chi connectivity index (χ4v) is 4.35. The number of aliphatic hydroxyl groups is 1. The van der Waals surface area contributed by atoms with Gasteiger partial charge in [0.05, 0.1) is 25.9 Å². The average Bonchev–Trinajstić information content (AvgIpc) is 3.33. The Bertz CT molecular complexity index is 823. The van der Waals surface area contributed by atoms with Gasteiger partial charge in [-0.15, -0.1) is 11.3 Å². The lowest BCUT2D eigenvalue weighted by atomic mass is 9.92. The van der Waals surface area contributed by atoms with Crippen LogP contribution in [0.4, 0.5) is 4.79 Å². The van der Waals surface area contributed by atoms with E-state index >= 15 is 0 Å². The Kier molecular flexibility index (Phi) is 4.52. The summed E-state index contributed by atoms with van der Waals surface area (Å²) in [5.74, 6) is -0.287. The van der Waals surface area contributed by atoms with Crippen molar-refractivity contribution in [2.75, 3.05) is 13.2 Å². The molecule has 0 bridgehead atoms. The van der Waals surface area contributed by atoms with Crippen molar-refractivity contribution < 1.29 is 19.4 Å². The molecule has 1 aromatic carbocycles. The van der Waals surface area contributed by atoms with Crippen molar-refractivity contribution in [3.63, 3.8) is 0 Å². The summed E-state index contributed by atoms with van der Waals surface area (Å²) in [5, 5.41) is 15.0. The molecule has 136 valence electrons. The number of nitrogens with one attached hydrogen (secondary N) is 1. The van der Waals surface area contributed by atoms with Crippen LogP contribution in [0, 0.1) is 0 Å². The number of urea groups is 1. The minimum absolute atomic E-state index is 0.0680. The van der Waals surface area contributed by atoms with E-state index in [1.807, 2.05) is 41.8 Å². The maximum atomic E-state index is 13.0. The van der Waals surface area contributed by atoms with Gasteiger partial charge in [-0.2, -0.15) is 0 Å². The molecule has 7 heteroatoms. The minimum Gasteiger partial charge on any atom is -0.389 e. The van der Waals surface area contributed by atoms with Gasteiger partial charge >= 0.3 is 6.03 Å². The Balaban J connectivity index is 1.40. The summed E-state index contributed by atoms with van der Waals surface area (Å²) >= 11 is 1.58. The van der Waals surface area contributed by atoms with E-state index in [2.05, 4.69) is 5.32 Å². The van der Waals surface area contributed by atoms with E-state index in [1.54, 1.807) is 11.3 Å². The zero-order chi connectivity index (χ0) is 18.1. The van der Waals surface area contributed by atoms with Crippen LogP contribution in [0.3, 0.4) is 0 Å². The summed E-state index contributed by atoms with van der Waals surface area (Å²) in [6.07, 6.45) is 0.387. The molecule has 2 aromatic rings. The number of ether oxygens (including phenoxy) is 1. The summed E-state index contributed by atoms with van der Waals surface area (Å²) in [4.78, 5) is 27.6. The third-order valence-electron chi connectivity index (χ3n) is 4.95. The third-order valence-corrected chi connectivity index (χ3v) is 5.80. The van der Waals surface area contributed by atoms with Crippen molar-refractivity contribution in [1.29, 1.82) is 0 Å². The van der Waals surface area contributed by atoms with Crippen LogP contribution >= 0.6 is 11.3 Å². The molecule has 0 unspecified atom stereocenters. The van der Waals surface area contributed by atoms with E-state index in [-0.39, 0.29) is 19.1 Å². The highest BCUT2D eigenvalue weighted by Gasteiger charge is 2.55. The molecule has 2 atom stereocenters. The molecular formula is C19H20N2O4S. The van der Waals surface area contributed by atoms with Gasteiger partial charge in [-0.05, 0) is 35.4 Å². The van der Waals surface area contributed by atoms with Crippen molar-refractivity contribution in [1.82, 2.24) is 10.2 Å². The minimum atomic E-state index is -0.981. The highest BCUT2D eigenvalue weighted by atomic mass is 32.1. The molecule has 1 aliphatic heterocycles. The van der Waals surface area contributed by atoms with Crippen LogP contribution in [0.25, 0.3) is 0 Å². The number of rotatable bonds is 6. The number of imide groups is 1. The van der Waals surface area contributed by atoms with Crippen LogP contribution in [0.5, 0.6) is 0 Å². The molecular weight excluding hydrogens is 352 g/mol. The second kappa shape index (κ2) is 6.83. The van der Waals surface area contributed by atoms with Gasteiger partial charge in [0.15, 0.2) is 0 Å². The van der Waals surface area contributed by atoms with E-state index in [0.29, 0.717) is 13.0 Å². The lowest BCUT2D eigenvalue weighted by Gasteiger charge is -2.23. The molecule has 26 heavy (non-hydrogen) atoms. The van der Waals surface area contributed by atoms with Gasteiger partial charge in [0, 0.05) is 4.88 Å². The number of carbonyl (C=O) groups excluding carboxylic acids is 2. The molecule has 0 saturated carbocycles. The van der Waals surface area contributed by atoms with Crippen LogP contribution in [0.2, 0.25) is 0 Å². The molecule has 2 aliphatic rings. The Hall–Kier alpha value is -2.22. The topological polar surface area (TPSA) is 78.9 Å². The quantitative estimate of drug-likeness (QED) is 0.761. The predicted octanol–water partition coefficient (Wildman–Crippen LogP) is 2.02. The molecule has 0 radical (unpaired) electrons. The molecule has 2 heterocycles. The molecule has 1 spiro atoms. The van der Waals surface area contributed by atoms with Crippen LogP contribution in [-0.2, 0) is 28.1 Å². The first-order chi connectivity index (χ1) is 12.6. The van der Waals surface area contributed by atoms with E-state index in [1.165, 1.54) is 0 Å². The van der Waals surface area contributed by atoms with Gasteiger partial charge < -0.3 is 15.2 Å². The number of benzene rings is 1. The fourth-order valence-electron chi connectivity index (χ4n) is 3.71. The zero-order valence-corrected chi connectivity index (χ0v) is 15.0. The largest absolute Gasteiger partial charge is 0.389 e. The van der Waals surface area contributed by atoms with Crippen LogP contribution in [0.1, 0.15) is 22.4 Å². The van der Waals surface area contributed by atoms with Gasteiger partial charge in [-0.1, -0.05) is 30.3 Å². The Morgan fingerprint density at radius 2 is 2.12 bits per heavy atom. The molecule has 6 nitrogen and oxygen atoms in total. The number of aryl methyl sites for hydroxylation is 1. The molecule has 1 aromatic heterocycles. The van der Waals surface area contributed by atoms with Crippen LogP contribution in [0.15, 0.2) is 41.8 Å². The second-order valence-corrected chi connectivity index (χ2v) is 7.69. The molecule has 3 amide bonds. The molecule has 2 N–H and O–H groups in total. The first-order valence-electron chi connectivity index (χ1n) is 8.61. The Morgan fingerprint density at radius 1 is 1.27 bits per heavy atom. The number of hydrogen-bond donors (Lipinski definition) is 2. The summed E-state index contributed by atoms with van der Waals surface area (Å²) < 4.78 is 5.48. The summed E-state index contributed by atoms with van der Waals surface area (Å²) in [6, 6.07) is 11.1. The fraction of sp³-hybridized carbons (Fsp3) is 0.368. The first kappa shape index (κ1) is 17.2. The van der Waals surface area contributed by atoms with Gasteiger partial charge in [-0.25, -0.2) is 4.79 Å². The van der Waals surface area contributed by atoms with E-state index in [0.717, 1.165) is 27.3 Å². The number of fused-ring (bicyclic) bond motifs is 2. The zero-order valence-electron chi connectivity index (χ0n) is 14.2. The highest BCUT2D eigenvalue weighted by molar-refractivity contribution is 7.09. The Morgan fingerprint density at radius 3 is 2.92 bits per heavy atom. The normalized spacial score (nSPS) is 22.7. The van der Waals surface area contributed by atoms with Gasteiger partial charge in [0.1, 0.15) is 5.54 Å². The van der Waals surface area contributed by atoms with Crippen molar-refractivity contribution in [2.45, 2.75) is 31.1 Å². The standard InChI is InChI=1S/C19H20N2O4S/c22-14(11-25-12-15-5-3-9-26-15)10-21-17(23)19(20-18(21)24)8-7-13-4-1-2-6-16(13)19/h1-6,9,14,22H,7-8,10-12H2,(H,20,24)/t14-,19-/m1/s1. The first-order valence-corrected chi connectivity index (χ1v) is 9.49. The lowest BCUT2D eigenvalue weighted by Crippen LogP contribution is -2.43. The van der Waals surface area contributed by atoms with Crippen molar-refractivity contribution >= 4 is 23.3 Å². The monoisotopic (exact) mass is 372 g/mol. The molecule has 1 fully saturated rings.